The molecule has 2 aromatic rings. The zero-order chi connectivity index (χ0) is 12.4. The Morgan fingerprint density at radius 2 is 2.06 bits per heavy atom. The summed E-state index contributed by atoms with van der Waals surface area (Å²) >= 11 is 4.13. The molecule has 0 aliphatic rings. The molecule has 0 saturated heterocycles. The van der Waals surface area contributed by atoms with Gasteiger partial charge in [-0.05, 0) is 39.5 Å². The molecule has 17 heavy (non-hydrogen) atoms. The van der Waals surface area contributed by atoms with Crippen molar-refractivity contribution in [3.63, 3.8) is 0 Å². The minimum Gasteiger partial charge on any atom is -0.316 e. The third-order valence-electron chi connectivity index (χ3n) is 2.03. The molecule has 0 aliphatic carbocycles. The molecule has 0 radical (unpaired) electrons. The maximum absolute atomic E-state index is 13.6. The van der Waals surface area contributed by atoms with Crippen LogP contribution < -0.4 is 5.32 Å². The topological polar surface area (TPSA) is 29.1 Å². The van der Waals surface area contributed by atoms with Gasteiger partial charge < -0.3 is 5.32 Å². The Morgan fingerprint density at radius 1 is 1.29 bits per heavy atom. The first-order valence-electron chi connectivity index (χ1n) is 4.58. The van der Waals surface area contributed by atoms with Gasteiger partial charge in [0, 0.05) is 0 Å². The van der Waals surface area contributed by atoms with Gasteiger partial charge in [-0.25, -0.2) is 8.78 Å². The highest BCUT2D eigenvalue weighted by molar-refractivity contribution is 9.10. The minimum atomic E-state index is -0.824. The van der Waals surface area contributed by atoms with E-state index in [0.29, 0.717) is 4.88 Å². The standard InChI is InChI=1S/C11H6BrF2NOS/c12-6-3-4-7(13)10(9(6)14)15-11(16)8-2-1-5-17-8/h1-5H,(H,15,16). The predicted octanol–water partition coefficient (Wildman–Crippen LogP) is 4.04. The van der Waals surface area contributed by atoms with Crippen LogP contribution in [0.1, 0.15) is 9.67 Å². The van der Waals surface area contributed by atoms with E-state index in [1.807, 2.05) is 0 Å². The predicted molar refractivity (Wildman–Crippen MR) is 66.3 cm³/mol. The maximum Gasteiger partial charge on any atom is 0.265 e. The van der Waals surface area contributed by atoms with Gasteiger partial charge >= 0.3 is 0 Å². The number of amides is 1. The smallest absolute Gasteiger partial charge is 0.265 e. The van der Waals surface area contributed by atoms with Crippen molar-refractivity contribution >= 4 is 38.9 Å². The first-order valence-corrected chi connectivity index (χ1v) is 6.25. The molecule has 0 spiro atoms. The fraction of sp³-hybridized carbons (Fsp3) is 0. The fourth-order valence-electron chi connectivity index (χ4n) is 1.22. The van der Waals surface area contributed by atoms with Gasteiger partial charge in [-0.1, -0.05) is 6.07 Å². The number of thiophene rings is 1. The molecule has 0 fully saturated rings. The largest absolute Gasteiger partial charge is 0.316 e. The number of hydrogen-bond donors (Lipinski definition) is 1. The van der Waals surface area contributed by atoms with Crippen molar-refractivity contribution in [2.24, 2.45) is 0 Å². The molecule has 1 N–H and O–H groups in total. The average Bonchev–Trinajstić information content (AvgIpc) is 2.83. The molecule has 1 aromatic carbocycles. The summed E-state index contributed by atoms with van der Waals surface area (Å²) in [6, 6.07) is 5.59. The van der Waals surface area contributed by atoms with Gasteiger partial charge in [-0.2, -0.15) is 0 Å². The lowest BCUT2D eigenvalue weighted by Crippen LogP contribution is -2.13. The molecule has 0 saturated carbocycles. The van der Waals surface area contributed by atoms with Crippen LogP contribution in [0.15, 0.2) is 34.1 Å². The first kappa shape index (κ1) is 12.2. The van der Waals surface area contributed by atoms with Gasteiger partial charge in [0.1, 0.15) is 11.5 Å². The van der Waals surface area contributed by atoms with Crippen molar-refractivity contribution in [1.29, 1.82) is 0 Å². The first-order chi connectivity index (χ1) is 8.09. The monoisotopic (exact) mass is 317 g/mol. The van der Waals surface area contributed by atoms with Gasteiger partial charge in [-0.3, -0.25) is 4.79 Å². The highest BCUT2D eigenvalue weighted by atomic mass is 79.9. The molecule has 1 amide bonds. The van der Waals surface area contributed by atoms with Crippen LogP contribution in [0, 0.1) is 11.6 Å². The molecular weight excluding hydrogens is 312 g/mol. The van der Waals surface area contributed by atoms with Crippen LogP contribution in [-0.2, 0) is 0 Å². The highest BCUT2D eigenvalue weighted by Crippen LogP contribution is 2.26. The second kappa shape index (κ2) is 4.93. The Bertz CT molecular complexity index is 557. The average molecular weight is 318 g/mol. The normalized spacial score (nSPS) is 10.3. The van der Waals surface area contributed by atoms with Crippen molar-refractivity contribution in [3.8, 4) is 0 Å². The minimum absolute atomic E-state index is 0.0976. The van der Waals surface area contributed by atoms with Crippen LogP contribution in [-0.4, -0.2) is 5.91 Å². The number of anilines is 1. The number of carbonyl (C=O) groups excluding carboxylic acids is 1. The summed E-state index contributed by atoms with van der Waals surface area (Å²) in [5.41, 5.74) is -0.447. The summed E-state index contributed by atoms with van der Waals surface area (Å²) in [4.78, 5) is 12.0. The number of hydrogen-bond acceptors (Lipinski definition) is 2. The van der Waals surface area contributed by atoms with E-state index >= 15 is 0 Å². The van der Waals surface area contributed by atoms with Gasteiger partial charge in [0.25, 0.3) is 5.91 Å². The van der Waals surface area contributed by atoms with E-state index in [4.69, 9.17) is 0 Å². The summed E-state index contributed by atoms with van der Waals surface area (Å²) in [6.45, 7) is 0. The lowest BCUT2D eigenvalue weighted by Gasteiger charge is -2.07. The Hall–Kier alpha value is -1.27. The molecule has 0 aliphatic heterocycles. The molecule has 2 rings (SSSR count). The van der Waals surface area contributed by atoms with Crippen molar-refractivity contribution in [3.05, 3.63) is 50.6 Å². The Balaban J connectivity index is 2.31. The molecule has 1 aromatic heterocycles. The van der Waals surface area contributed by atoms with Crippen molar-refractivity contribution in [1.82, 2.24) is 0 Å². The van der Waals surface area contributed by atoms with Gasteiger partial charge in [-0.15, -0.1) is 11.3 Å². The van der Waals surface area contributed by atoms with Crippen molar-refractivity contribution in [2.75, 3.05) is 5.32 Å². The quantitative estimate of drug-likeness (QED) is 0.832. The highest BCUT2D eigenvalue weighted by Gasteiger charge is 2.16. The molecule has 2 nitrogen and oxygen atoms in total. The zero-order valence-corrected chi connectivity index (χ0v) is 10.7. The lowest BCUT2D eigenvalue weighted by molar-refractivity contribution is 0.102. The summed E-state index contributed by atoms with van der Waals surface area (Å²) in [7, 11) is 0. The van der Waals surface area contributed by atoms with Gasteiger partial charge in [0.2, 0.25) is 0 Å². The molecule has 1 heterocycles. The zero-order valence-electron chi connectivity index (χ0n) is 8.34. The van der Waals surface area contributed by atoms with Crippen LogP contribution >= 0.6 is 27.3 Å². The molecule has 0 unspecified atom stereocenters. The van der Waals surface area contributed by atoms with Gasteiger partial charge in [0.05, 0.1) is 9.35 Å². The Morgan fingerprint density at radius 3 is 2.71 bits per heavy atom. The molecule has 0 atom stereocenters. The Labute approximate surface area is 108 Å². The third kappa shape index (κ3) is 2.53. The van der Waals surface area contributed by atoms with E-state index in [1.54, 1.807) is 17.5 Å². The summed E-state index contributed by atoms with van der Waals surface area (Å²) in [6.07, 6.45) is 0. The van der Waals surface area contributed by atoms with Crippen LogP contribution in [0.5, 0.6) is 0 Å². The second-order valence-corrected chi connectivity index (χ2v) is 4.95. The Kier molecular flexibility index (Phi) is 3.54. The number of nitrogens with one attached hydrogen (secondary N) is 1. The SMILES string of the molecule is O=C(Nc1c(F)ccc(Br)c1F)c1cccs1. The van der Waals surface area contributed by atoms with E-state index in [1.165, 1.54) is 17.4 Å². The number of carbonyl (C=O) groups is 1. The molecular formula is C11H6BrF2NOS. The number of halogens is 3. The van der Waals surface area contributed by atoms with Gasteiger partial charge in [0.15, 0.2) is 5.82 Å². The number of benzene rings is 1. The third-order valence-corrected chi connectivity index (χ3v) is 3.51. The summed E-state index contributed by atoms with van der Waals surface area (Å²) in [5.74, 6) is -2.17. The molecule has 88 valence electrons. The van der Waals surface area contributed by atoms with Crippen molar-refractivity contribution in [2.45, 2.75) is 0 Å². The van der Waals surface area contributed by atoms with Crippen LogP contribution in [0.4, 0.5) is 14.5 Å². The lowest BCUT2D eigenvalue weighted by atomic mass is 10.3. The molecule has 6 heteroatoms. The van der Waals surface area contributed by atoms with E-state index in [-0.39, 0.29) is 4.47 Å². The maximum atomic E-state index is 13.6. The van der Waals surface area contributed by atoms with E-state index in [0.717, 1.165) is 6.07 Å². The van der Waals surface area contributed by atoms with Crippen LogP contribution in [0.25, 0.3) is 0 Å². The number of rotatable bonds is 2. The van der Waals surface area contributed by atoms with E-state index in [9.17, 15) is 13.6 Å². The van der Waals surface area contributed by atoms with Crippen LogP contribution in [0.3, 0.4) is 0 Å². The van der Waals surface area contributed by atoms with E-state index < -0.39 is 23.2 Å². The second-order valence-electron chi connectivity index (χ2n) is 3.15. The molecule has 0 bridgehead atoms. The van der Waals surface area contributed by atoms with Crippen molar-refractivity contribution < 1.29 is 13.6 Å². The van der Waals surface area contributed by atoms with Crippen LogP contribution in [0.2, 0.25) is 0 Å². The fourth-order valence-corrected chi connectivity index (χ4v) is 2.17. The van der Waals surface area contributed by atoms with E-state index in [2.05, 4.69) is 21.2 Å². The summed E-state index contributed by atoms with van der Waals surface area (Å²) in [5, 5.41) is 3.92. The summed E-state index contributed by atoms with van der Waals surface area (Å²) < 4.78 is 27.0.